The van der Waals surface area contributed by atoms with Gasteiger partial charge in [0, 0.05) is 24.2 Å². The van der Waals surface area contributed by atoms with Crippen molar-refractivity contribution in [1.29, 1.82) is 0 Å². The molecule has 0 saturated carbocycles. The van der Waals surface area contributed by atoms with Crippen LogP contribution in [0.1, 0.15) is 26.5 Å². The van der Waals surface area contributed by atoms with Crippen molar-refractivity contribution < 1.29 is 13.2 Å². The lowest BCUT2D eigenvalue weighted by atomic mass is 10.1. The Bertz CT molecular complexity index is 656. The number of rotatable bonds is 5. The van der Waals surface area contributed by atoms with Crippen LogP contribution >= 0.6 is 0 Å². The van der Waals surface area contributed by atoms with Crippen molar-refractivity contribution in [2.45, 2.75) is 33.4 Å². The highest BCUT2D eigenvalue weighted by molar-refractivity contribution is 5.60. The summed E-state index contributed by atoms with van der Waals surface area (Å²) in [5.74, 6) is -1.42. The smallest absolute Gasteiger partial charge is 0.146 e. The van der Waals surface area contributed by atoms with Gasteiger partial charge in [0.05, 0.1) is 11.4 Å². The highest BCUT2D eigenvalue weighted by Crippen LogP contribution is 2.22. The summed E-state index contributed by atoms with van der Waals surface area (Å²) in [5, 5.41) is 3.19. The molecule has 1 heterocycles. The number of nitrogens with zero attached hydrogens (tertiary/aromatic N) is 1. The molecule has 2 aromatic rings. The maximum absolute atomic E-state index is 13.8. The van der Waals surface area contributed by atoms with Crippen LogP contribution in [0, 0.1) is 23.4 Å². The Hall–Kier alpha value is -1.88. The monoisotopic (exact) mass is 308 g/mol. The molecule has 22 heavy (non-hydrogen) atoms. The normalized spacial score (nSPS) is 12.7. The van der Waals surface area contributed by atoms with E-state index in [0.717, 1.165) is 12.1 Å². The molecule has 1 aromatic carbocycles. The third kappa shape index (κ3) is 3.85. The number of hydrogen-bond acceptors (Lipinski definition) is 2. The third-order valence-electron chi connectivity index (χ3n) is 3.72. The van der Waals surface area contributed by atoms with Gasteiger partial charge in [-0.3, -0.25) is 0 Å². The van der Waals surface area contributed by atoms with Crippen LogP contribution in [0.4, 0.5) is 13.2 Å². The Labute approximate surface area is 128 Å². The van der Waals surface area contributed by atoms with E-state index in [1.165, 1.54) is 18.2 Å². The zero-order valence-electron chi connectivity index (χ0n) is 12.8. The molecule has 2 rings (SSSR count). The Balaban J connectivity index is 2.26. The molecule has 0 unspecified atom stereocenters. The zero-order chi connectivity index (χ0) is 16.3. The van der Waals surface area contributed by atoms with E-state index in [0.29, 0.717) is 5.92 Å². The van der Waals surface area contributed by atoms with Gasteiger partial charge in [0.2, 0.25) is 0 Å². The Morgan fingerprint density at radius 1 is 1.00 bits per heavy atom. The highest BCUT2D eigenvalue weighted by atomic mass is 19.1. The second-order valence-corrected chi connectivity index (χ2v) is 5.66. The minimum atomic E-state index is -0.714. The van der Waals surface area contributed by atoms with Crippen molar-refractivity contribution in [1.82, 2.24) is 10.3 Å². The van der Waals surface area contributed by atoms with Crippen LogP contribution in [0.2, 0.25) is 0 Å². The fourth-order valence-corrected chi connectivity index (χ4v) is 1.95. The first-order valence-electron chi connectivity index (χ1n) is 7.22. The van der Waals surface area contributed by atoms with Gasteiger partial charge in [0.25, 0.3) is 0 Å². The van der Waals surface area contributed by atoms with Crippen molar-refractivity contribution in [3.63, 3.8) is 0 Å². The van der Waals surface area contributed by atoms with Crippen LogP contribution in [-0.4, -0.2) is 11.0 Å². The van der Waals surface area contributed by atoms with Gasteiger partial charge in [-0.15, -0.1) is 0 Å². The van der Waals surface area contributed by atoms with E-state index >= 15 is 0 Å². The highest BCUT2D eigenvalue weighted by Gasteiger charge is 2.13. The summed E-state index contributed by atoms with van der Waals surface area (Å²) >= 11 is 0. The molecule has 118 valence electrons. The van der Waals surface area contributed by atoms with Gasteiger partial charge in [-0.2, -0.15) is 0 Å². The van der Waals surface area contributed by atoms with Gasteiger partial charge in [0.1, 0.15) is 17.5 Å². The van der Waals surface area contributed by atoms with E-state index in [1.54, 1.807) is 0 Å². The molecular weight excluding hydrogens is 289 g/mol. The predicted molar refractivity (Wildman–Crippen MR) is 80.7 cm³/mol. The maximum Gasteiger partial charge on any atom is 0.146 e. The van der Waals surface area contributed by atoms with Crippen molar-refractivity contribution >= 4 is 0 Å². The Morgan fingerprint density at radius 2 is 1.73 bits per heavy atom. The summed E-state index contributed by atoms with van der Waals surface area (Å²) in [6, 6.07) is 6.09. The topological polar surface area (TPSA) is 24.9 Å². The number of benzene rings is 1. The van der Waals surface area contributed by atoms with Gasteiger partial charge in [0.15, 0.2) is 0 Å². The van der Waals surface area contributed by atoms with Crippen LogP contribution in [0.15, 0.2) is 30.3 Å². The van der Waals surface area contributed by atoms with Gasteiger partial charge in [-0.25, -0.2) is 18.2 Å². The fourth-order valence-electron chi connectivity index (χ4n) is 1.95. The van der Waals surface area contributed by atoms with Gasteiger partial charge in [-0.1, -0.05) is 13.8 Å². The van der Waals surface area contributed by atoms with E-state index in [9.17, 15) is 13.2 Å². The third-order valence-corrected chi connectivity index (χ3v) is 3.72. The van der Waals surface area contributed by atoms with Crippen molar-refractivity contribution in [3.05, 3.63) is 53.5 Å². The van der Waals surface area contributed by atoms with Gasteiger partial charge in [-0.05, 0) is 37.1 Å². The first-order valence-corrected chi connectivity index (χ1v) is 7.22. The van der Waals surface area contributed by atoms with E-state index in [2.05, 4.69) is 24.1 Å². The quantitative estimate of drug-likeness (QED) is 0.891. The first kappa shape index (κ1) is 16.5. The maximum atomic E-state index is 13.8. The summed E-state index contributed by atoms with van der Waals surface area (Å²) < 4.78 is 40.6. The molecule has 0 amide bonds. The number of hydrogen-bond donors (Lipinski definition) is 1. The van der Waals surface area contributed by atoms with Gasteiger partial charge >= 0.3 is 0 Å². The molecule has 5 heteroatoms. The number of pyridine rings is 1. The minimum absolute atomic E-state index is 0.152. The van der Waals surface area contributed by atoms with Crippen LogP contribution in [0.25, 0.3) is 11.3 Å². The Kier molecular flexibility index (Phi) is 5.19. The van der Waals surface area contributed by atoms with Crippen LogP contribution < -0.4 is 5.32 Å². The molecule has 0 spiro atoms. The average molecular weight is 308 g/mol. The lowest BCUT2D eigenvalue weighted by Crippen LogP contribution is -2.30. The molecule has 0 bridgehead atoms. The van der Waals surface area contributed by atoms with E-state index in [1.807, 2.05) is 6.92 Å². The summed E-state index contributed by atoms with van der Waals surface area (Å²) in [7, 11) is 0. The molecule has 0 saturated heterocycles. The van der Waals surface area contributed by atoms with Crippen LogP contribution in [0.5, 0.6) is 0 Å². The molecule has 1 atom stereocenters. The van der Waals surface area contributed by atoms with E-state index in [4.69, 9.17) is 0 Å². The van der Waals surface area contributed by atoms with E-state index in [-0.39, 0.29) is 29.5 Å². The second-order valence-electron chi connectivity index (χ2n) is 5.66. The number of nitrogens with one attached hydrogen (secondary N) is 1. The molecular formula is C17H19F3N2. The van der Waals surface area contributed by atoms with Crippen molar-refractivity contribution in [3.8, 4) is 11.3 Å². The molecule has 0 aliphatic heterocycles. The van der Waals surface area contributed by atoms with Crippen molar-refractivity contribution in [2.75, 3.05) is 0 Å². The summed E-state index contributed by atoms with van der Waals surface area (Å²) in [6.45, 7) is 6.38. The first-order chi connectivity index (χ1) is 10.4. The molecule has 2 nitrogen and oxygen atoms in total. The zero-order valence-corrected chi connectivity index (χ0v) is 12.8. The lowest BCUT2D eigenvalue weighted by Gasteiger charge is -2.17. The average Bonchev–Trinajstić information content (AvgIpc) is 2.46. The molecule has 0 fully saturated rings. The van der Waals surface area contributed by atoms with Crippen molar-refractivity contribution in [2.24, 2.45) is 5.92 Å². The molecule has 0 aliphatic rings. The number of halogens is 3. The van der Waals surface area contributed by atoms with Crippen LogP contribution in [-0.2, 0) is 6.54 Å². The molecule has 1 aromatic heterocycles. The second kappa shape index (κ2) is 6.92. The summed E-state index contributed by atoms with van der Waals surface area (Å²) in [4.78, 5) is 4.16. The molecule has 0 aliphatic carbocycles. The lowest BCUT2D eigenvalue weighted by molar-refractivity contribution is 0.418. The molecule has 0 radical (unpaired) electrons. The standard InChI is InChI=1S/C17H19F3N2/c1-10(2)11(3)21-9-17-14(19)6-7-16(22-17)13-5-4-12(18)8-15(13)20/h4-8,10-11,21H,9H2,1-3H3/t11-/m1/s1. The van der Waals surface area contributed by atoms with Crippen LogP contribution in [0.3, 0.4) is 0 Å². The molecule has 1 N–H and O–H groups in total. The van der Waals surface area contributed by atoms with E-state index < -0.39 is 17.5 Å². The van der Waals surface area contributed by atoms with Gasteiger partial charge < -0.3 is 5.32 Å². The summed E-state index contributed by atoms with van der Waals surface area (Å²) in [6.07, 6.45) is 0. The summed E-state index contributed by atoms with van der Waals surface area (Å²) in [5.41, 5.74) is 0.654. The SMILES string of the molecule is CC(C)[C@@H](C)NCc1nc(-c2ccc(F)cc2F)ccc1F. The fraction of sp³-hybridized carbons (Fsp3) is 0.353. The predicted octanol–water partition coefficient (Wildman–Crippen LogP) is 4.30. The Morgan fingerprint density at radius 3 is 2.36 bits per heavy atom. The number of aromatic nitrogens is 1. The largest absolute Gasteiger partial charge is 0.308 e. The minimum Gasteiger partial charge on any atom is -0.308 e.